The predicted molar refractivity (Wildman–Crippen MR) is 71.9 cm³/mol. The maximum atomic E-state index is 6.18. The average Bonchev–Trinajstić information content (AvgIpc) is 2.84. The maximum absolute atomic E-state index is 6.18. The van der Waals surface area contributed by atoms with Crippen molar-refractivity contribution < 1.29 is 0 Å². The Kier molecular flexibility index (Phi) is 4.10. The Morgan fingerprint density at radius 1 is 1.33 bits per heavy atom. The van der Waals surface area contributed by atoms with Crippen LogP contribution in [-0.4, -0.2) is 14.5 Å². The van der Waals surface area contributed by atoms with E-state index >= 15 is 0 Å². The largest absolute Gasteiger partial charge is 0.333 e. The van der Waals surface area contributed by atoms with Gasteiger partial charge < -0.3 is 10.3 Å². The molecule has 96 valence electrons. The molecule has 1 unspecified atom stereocenters. The van der Waals surface area contributed by atoms with Crippen molar-refractivity contribution in [3.05, 3.63) is 48.3 Å². The van der Waals surface area contributed by atoms with Crippen molar-refractivity contribution in [2.45, 2.75) is 32.9 Å². The van der Waals surface area contributed by atoms with E-state index in [0.717, 1.165) is 24.4 Å². The Labute approximate surface area is 108 Å². The molecule has 0 amide bonds. The van der Waals surface area contributed by atoms with E-state index in [9.17, 15) is 0 Å². The molecule has 0 fully saturated rings. The standard InChI is InChI=1S/C14H20N4/c1-11(2)14(15)13-9-16-10-18(13)8-6-12-5-3-4-7-17-12/h3-5,7,9-11,14H,6,8,15H2,1-2H3. The van der Waals surface area contributed by atoms with Crippen molar-refractivity contribution >= 4 is 0 Å². The molecule has 0 aliphatic heterocycles. The molecule has 1 atom stereocenters. The fraction of sp³-hybridized carbons (Fsp3) is 0.429. The van der Waals surface area contributed by atoms with E-state index in [0.29, 0.717) is 5.92 Å². The molecule has 0 bridgehead atoms. The average molecular weight is 244 g/mol. The van der Waals surface area contributed by atoms with E-state index < -0.39 is 0 Å². The summed E-state index contributed by atoms with van der Waals surface area (Å²) in [5.74, 6) is 0.412. The van der Waals surface area contributed by atoms with Crippen molar-refractivity contribution in [3.63, 3.8) is 0 Å². The summed E-state index contributed by atoms with van der Waals surface area (Å²) in [7, 11) is 0. The maximum Gasteiger partial charge on any atom is 0.0948 e. The minimum Gasteiger partial charge on any atom is -0.333 e. The Morgan fingerprint density at radius 3 is 2.83 bits per heavy atom. The second-order valence-electron chi connectivity index (χ2n) is 4.85. The van der Waals surface area contributed by atoms with Crippen molar-refractivity contribution in [3.8, 4) is 0 Å². The van der Waals surface area contributed by atoms with Crippen molar-refractivity contribution in [1.29, 1.82) is 0 Å². The second kappa shape index (κ2) is 5.78. The summed E-state index contributed by atoms with van der Waals surface area (Å²) in [4.78, 5) is 8.52. The number of aromatic nitrogens is 3. The molecule has 4 heteroatoms. The molecule has 2 N–H and O–H groups in total. The van der Waals surface area contributed by atoms with Crippen LogP contribution in [0.15, 0.2) is 36.9 Å². The fourth-order valence-electron chi connectivity index (χ4n) is 1.92. The zero-order chi connectivity index (χ0) is 13.0. The highest BCUT2D eigenvalue weighted by molar-refractivity contribution is 5.07. The molecule has 0 radical (unpaired) electrons. The van der Waals surface area contributed by atoms with Gasteiger partial charge in [-0.1, -0.05) is 19.9 Å². The van der Waals surface area contributed by atoms with Crippen LogP contribution < -0.4 is 5.73 Å². The van der Waals surface area contributed by atoms with Crippen LogP contribution in [0.2, 0.25) is 0 Å². The molecule has 2 heterocycles. The third-order valence-corrected chi connectivity index (χ3v) is 3.14. The van der Waals surface area contributed by atoms with Crippen molar-refractivity contribution in [2.24, 2.45) is 11.7 Å². The SMILES string of the molecule is CC(C)C(N)c1cncn1CCc1ccccn1. The van der Waals surface area contributed by atoms with Gasteiger partial charge in [-0.05, 0) is 18.1 Å². The lowest BCUT2D eigenvalue weighted by Crippen LogP contribution is -2.20. The summed E-state index contributed by atoms with van der Waals surface area (Å²) < 4.78 is 2.12. The zero-order valence-electron chi connectivity index (χ0n) is 11.0. The van der Waals surface area contributed by atoms with Gasteiger partial charge in [-0.25, -0.2) is 4.98 Å². The zero-order valence-corrected chi connectivity index (χ0v) is 11.0. The van der Waals surface area contributed by atoms with Gasteiger partial charge in [-0.2, -0.15) is 0 Å². The predicted octanol–water partition coefficient (Wildman–Crippen LogP) is 2.18. The third kappa shape index (κ3) is 2.96. The molecule has 0 aliphatic carbocycles. The minimum atomic E-state index is 0.0382. The number of nitrogens with two attached hydrogens (primary N) is 1. The highest BCUT2D eigenvalue weighted by Gasteiger charge is 2.14. The van der Waals surface area contributed by atoms with Crippen LogP contribution in [0.4, 0.5) is 0 Å². The quantitative estimate of drug-likeness (QED) is 0.877. The van der Waals surface area contributed by atoms with Crippen LogP contribution in [-0.2, 0) is 13.0 Å². The first-order chi connectivity index (χ1) is 8.68. The lowest BCUT2D eigenvalue weighted by molar-refractivity contribution is 0.477. The summed E-state index contributed by atoms with van der Waals surface area (Å²) in [5, 5.41) is 0. The Balaban J connectivity index is 2.04. The molecule has 2 aromatic heterocycles. The van der Waals surface area contributed by atoms with Gasteiger partial charge in [0.1, 0.15) is 0 Å². The van der Waals surface area contributed by atoms with Gasteiger partial charge in [0.2, 0.25) is 0 Å². The molecule has 18 heavy (non-hydrogen) atoms. The van der Waals surface area contributed by atoms with Gasteiger partial charge in [0.25, 0.3) is 0 Å². The summed E-state index contributed by atoms with van der Waals surface area (Å²) in [5.41, 5.74) is 8.37. The first kappa shape index (κ1) is 12.8. The van der Waals surface area contributed by atoms with E-state index in [-0.39, 0.29) is 6.04 Å². The van der Waals surface area contributed by atoms with Gasteiger partial charge in [0.05, 0.1) is 12.0 Å². The van der Waals surface area contributed by atoms with Crippen LogP contribution in [0.25, 0.3) is 0 Å². The van der Waals surface area contributed by atoms with E-state index in [4.69, 9.17) is 5.73 Å². The summed E-state index contributed by atoms with van der Waals surface area (Å²) in [6, 6.07) is 6.02. The first-order valence-corrected chi connectivity index (χ1v) is 6.34. The van der Waals surface area contributed by atoms with Crippen molar-refractivity contribution in [2.75, 3.05) is 0 Å². The fourth-order valence-corrected chi connectivity index (χ4v) is 1.92. The van der Waals surface area contributed by atoms with Crippen molar-refractivity contribution in [1.82, 2.24) is 14.5 Å². The number of rotatable bonds is 5. The number of hydrogen-bond acceptors (Lipinski definition) is 3. The summed E-state index contributed by atoms with van der Waals surface area (Å²) in [6.07, 6.45) is 6.43. The number of imidazole rings is 1. The number of aryl methyl sites for hydroxylation is 2. The number of nitrogens with zero attached hydrogens (tertiary/aromatic N) is 3. The van der Waals surface area contributed by atoms with Crippen LogP contribution in [0, 0.1) is 5.92 Å². The lowest BCUT2D eigenvalue weighted by Gasteiger charge is -2.17. The molecule has 0 aromatic carbocycles. The van der Waals surface area contributed by atoms with E-state index in [1.807, 2.05) is 36.9 Å². The lowest BCUT2D eigenvalue weighted by atomic mass is 10.0. The summed E-state index contributed by atoms with van der Waals surface area (Å²) >= 11 is 0. The normalized spacial score (nSPS) is 12.9. The van der Waals surface area contributed by atoms with Gasteiger partial charge in [0, 0.05) is 37.1 Å². The smallest absolute Gasteiger partial charge is 0.0948 e. The third-order valence-electron chi connectivity index (χ3n) is 3.14. The molecular formula is C14H20N4. The topological polar surface area (TPSA) is 56.7 Å². The minimum absolute atomic E-state index is 0.0382. The van der Waals surface area contributed by atoms with Gasteiger partial charge in [-0.3, -0.25) is 4.98 Å². The number of hydrogen-bond donors (Lipinski definition) is 1. The van der Waals surface area contributed by atoms with Crippen LogP contribution in [0.5, 0.6) is 0 Å². The van der Waals surface area contributed by atoms with Crippen LogP contribution in [0.1, 0.15) is 31.3 Å². The highest BCUT2D eigenvalue weighted by atomic mass is 15.1. The van der Waals surface area contributed by atoms with Gasteiger partial charge >= 0.3 is 0 Å². The monoisotopic (exact) mass is 244 g/mol. The van der Waals surface area contributed by atoms with E-state index in [1.165, 1.54) is 0 Å². The summed E-state index contributed by atoms with van der Waals surface area (Å²) in [6.45, 7) is 5.12. The molecule has 2 rings (SSSR count). The molecule has 0 spiro atoms. The van der Waals surface area contributed by atoms with Crippen LogP contribution >= 0.6 is 0 Å². The highest BCUT2D eigenvalue weighted by Crippen LogP contribution is 2.18. The van der Waals surface area contributed by atoms with Gasteiger partial charge in [0.15, 0.2) is 0 Å². The Morgan fingerprint density at radius 2 is 2.17 bits per heavy atom. The molecule has 2 aromatic rings. The molecule has 0 aliphatic rings. The molecule has 0 saturated heterocycles. The van der Waals surface area contributed by atoms with E-state index in [2.05, 4.69) is 28.4 Å². The second-order valence-corrected chi connectivity index (χ2v) is 4.85. The Hall–Kier alpha value is -1.68. The molecule has 0 saturated carbocycles. The molecule has 4 nitrogen and oxygen atoms in total. The number of pyridine rings is 1. The Bertz CT molecular complexity index is 476. The molecular weight excluding hydrogens is 224 g/mol. The van der Waals surface area contributed by atoms with E-state index in [1.54, 1.807) is 0 Å². The first-order valence-electron chi connectivity index (χ1n) is 6.34. The van der Waals surface area contributed by atoms with Crippen LogP contribution in [0.3, 0.4) is 0 Å². The van der Waals surface area contributed by atoms with Gasteiger partial charge in [-0.15, -0.1) is 0 Å².